The summed E-state index contributed by atoms with van der Waals surface area (Å²) >= 11 is 0. The molecule has 11 heteroatoms. The number of nitrogens with two attached hydrogens (primary N) is 2. The monoisotopic (exact) mass is 446 g/mol. The average molecular weight is 447 g/mol. The van der Waals surface area contributed by atoms with Gasteiger partial charge in [-0.3, -0.25) is 4.90 Å². The molecule has 1 aliphatic rings. The Hall–Kier alpha value is -3.02. The summed E-state index contributed by atoms with van der Waals surface area (Å²) in [6, 6.07) is 10.8. The molecule has 2 heterocycles. The normalized spacial score (nSPS) is 15.9. The summed E-state index contributed by atoms with van der Waals surface area (Å²) in [7, 11) is -3.85. The van der Waals surface area contributed by atoms with Crippen LogP contribution in [0.2, 0.25) is 0 Å². The van der Waals surface area contributed by atoms with E-state index in [1.165, 1.54) is 22.5 Å². The highest BCUT2D eigenvalue weighted by Crippen LogP contribution is 2.29. The van der Waals surface area contributed by atoms with Gasteiger partial charge in [-0.1, -0.05) is 18.2 Å². The van der Waals surface area contributed by atoms with E-state index in [0.717, 1.165) is 6.07 Å². The third kappa shape index (κ3) is 4.38. The average Bonchev–Trinajstić information content (AvgIpc) is 2.74. The summed E-state index contributed by atoms with van der Waals surface area (Å²) in [4.78, 5) is 9.96. The number of piperazine rings is 1. The van der Waals surface area contributed by atoms with Crippen LogP contribution in [0.15, 0.2) is 47.4 Å². The van der Waals surface area contributed by atoms with E-state index in [0.29, 0.717) is 42.9 Å². The summed E-state index contributed by atoms with van der Waals surface area (Å²) in [5, 5.41) is 0.609. The Morgan fingerprint density at radius 3 is 2.48 bits per heavy atom. The first-order valence-electron chi connectivity index (χ1n) is 9.78. The van der Waals surface area contributed by atoms with Gasteiger partial charge in [0.2, 0.25) is 16.0 Å². The Bertz CT molecular complexity index is 1200. The van der Waals surface area contributed by atoms with Gasteiger partial charge in [0.25, 0.3) is 0 Å². The Morgan fingerprint density at radius 2 is 1.74 bits per heavy atom. The maximum atomic E-state index is 13.9. The fourth-order valence-corrected chi connectivity index (χ4v) is 5.08. The van der Waals surface area contributed by atoms with Gasteiger partial charge >= 0.3 is 0 Å². The van der Waals surface area contributed by atoms with E-state index in [9.17, 15) is 12.8 Å². The van der Waals surface area contributed by atoms with Crippen LogP contribution in [-0.4, -0.2) is 66.9 Å². The molecule has 0 atom stereocenters. The molecule has 0 amide bonds. The van der Waals surface area contributed by atoms with Crippen LogP contribution in [0.25, 0.3) is 10.9 Å². The number of sulfonamides is 1. The number of nitrogens with zero attached hydrogens (tertiary/aromatic N) is 4. The zero-order chi connectivity index (χ0) is 22.0. The van der Waals surface area contributed by atoms with Crippen molar-refractivity contribution < 1.29 is 17.5 Å². The van der Waals surface area contributed by atoms with Gasteiger partial charge in [0.15, 0.2) is 0 Å². The van der Waals surface area contributed by atoms with Crippen molar-refractivity contribution in [2.75, 3.05) is 50.8 Å². The first kappa shape index (κ1) is 21.2. The van der Waals surface area contributed by atoms with Crippen molar-refractivity contribution >= 4 is 32.7 Å². The number of anilines is 2. The fourth-order valence-electron chi connectivity index (χ4n) is 3.59. The number of hydrogen-bond donors (Lipinski definition) is 2. The lowest BCUT2D eigenvalue weighted by Gasteiger charge is -2.33. The Balaban J connectivity index is 1.35. The van der Waals surface area contributed by atoms with Crippen LogP contribution in [-0.2, 0) is 10.0 Å². The molecule has 0 bridgehead atoms. The fraction of sp³-hybridized carbons (Fsp3) is 0.300. The van der Waals surface area contributed by atoms with Gasteiger partial charge in [-0.15, -0.1) is 0 Å². The largest absolute Gasteiger partial charge is 0.491 e. The quantitative estimate of drug-likeness (QED) is 0.580. The summed E-state index contributed by atoms with van der Waals surface area (Å²) in [5.41, 5.74) is 12.2. The van der Waals surface area contributed by atoms with Crippen LogP contribution in [0.5, 0.6) is 5.75 Å². The van der Waals surface area contributed by atoms with E-state index in [1.54, 1.807) is 18.2 Å². The highest BCUT2D eigenvalue weighted by molar-refractivity contribution is 7.89. The van der Waals surface area contributed by atoms with E-state index in [4.69, 9.17) is 16.2 Å². The van der Waals surface area contributed by atoms with E-state index in [1.807, 2.05) is 0 Å². The first-order chi connectivity index (χ1) is 14.9. The molecule has 3 aromatic rings. The highest BCUT2D eigenvalue weighted by atomic mass is 32.2. The molecule has 164 valence electrons. The second-order valence-electron chi connectivity index (χ2n) is 7.14. The molecule has 0 saturated carbocycles. The predicted molar refractivity (Wildman–Crippen MR) is 115 cm³/mol. The maximum Gasteiger partial charge on any atom is 0.246 e. The molecule has 0 radical (unpaired) electrons. The summed E-state index contributed by atoms with van der Waals surface area (Å²) in [5.74, 6) is 0.185. The Morgan fingerprint density at radius 1 is 1.00 bits per heavy atom. The van der Waals surface area contributed by atoms with Crippen LogP contribution >= 0.6 is 0 Å². The molecule has 0 unspecified atom stereocenters. The molecule has 0 aliphatic carbocycles. The number of hydrogen-bond acceptors (Lipinski definition) is 8. The lowest BCUT2D eigenvalue weighted by atomic mass is 10.2. The van der Waals surface area contributed by atoms with Gasteiger partial charge in [-0.05, 0) is 24.3 Å². The molecule has 9 nitrogen and oxygen atoms in total. The van der Waals surface area contributed by atoms with Crippen LogP contribution < -0.4 is 16.2 Å². The van der Waals surface area contributed by atoms with Crippen LogP contribution in [0.3, 0.4) is 0 Å². The number of nitrogen functional groups attached to an aromatic ring is 2. The number of fused-ring (bicyclic) bond motifs is 1. The molecule has 31 heavy (non-hydrogen) atoms. The van der Waals surface area contributed by atoms with Crippen molar-refractivity contribution in [3.8, 4) is 5.75 Å². The van der Waals surface area contributed by atoms with E-state index in [-0.39, 0.29) is 29.8 Å². The van der Waals surface area contributed by atoms with Crippen molar-refractivity contribution in [2.24, 2.45) is 0 Å². The van der Waals surface area contributed by atoms with Gasteiger partial charge in [0.05, 0.1) is 10.9 Å². The van der Waals surface area contributed by atoms with Gasteiger partial charge in [0, 0.05) is 32.7 Å². The van der Waals surface area contributed by atoms with Gasteiger partial charge in [-0.25, -0.2) is 17.8 Å². The third-order valence-electron chi connectivity index (χ3n) is 5.18. The van der Waals surface area contributed by atoms with Gasteiger partial charge < -0.3 is 16.2 Å². The second kappa shape index (κ2) is 8.61. The maximum absolute atomic E-state index is 13.9. The Kier molecular flexibility index (Phi) is 5.90. The summed E-state index contributed by atoms with van der Waals surface area (Å²) in [6.07, 6.45) is 0. The van der Waals surface area contributed by atoms with Crippen LogP contribution in [0, 0.1) is 5.82 Å². The van der Waals surface area contributed by atoms with Crippen molar-refractivity contribution in [1.29, 1.82) is 0 Å². The smallest absolute Gasteiger partial charge is 0.246 e. The molecule has 4 rings (SSSR count). The highest BCUT2D eigenvalue weighted by Gasteiger charge is 2.30. The number of benzene rings is 2. The van der Waals surface area contributed by atoms with Crippen molar-refractivity contribution in [3.63, 3.8) is 0 Å². The number of ether oxygens (including phenoxy) is 1. The van der Waals surface area contributed by atoms with E-state index in [2.05, 4.69) is 14.9 Å². The van der Waals surface area contributed by atoms with Gasteiger partial charge in [-0.2, -0.15) is 9.29 Å². The molecular formula is C20H23FN6O3S. The standard InChI is InChI=1S/C20H23FN6O3S/c21-14-4-1-2-7-17(14)31(28,29)27-10-8-26(9-11-27)12-13-30-16-6-3-5-15-18(16)19(22)25-20(23)24-15/h1-7H,8-13H2,(H4,22,23,24,25). The number of halogens is 1. The third-order valence-corrected chi connectivity index (χ3v) is 7.11. The number of aromatic nitrogens is 2. The minimum Gasteiger partial charge on any atom is -0.491 e. The molecule has 4 N–H and O–H groups in total. The molecule has 1 saturated heterocycles. The minimum atomic E-state index is -3.85. The summed E-state index contributed by atoms with van der Waals surface area (Å²) < 4.78 is 46.6. The SMILES string of the molecule is Nc1nc(N)c2c(OCCN3CCN(S(=O)(=O)c4ccccc4F)CC3)cccc2n1. The molecule has 1 aromatic heterocycles. The van der Waals surface area contributed by atoms with E-state index >= 15 is 0 Å². The predicted octanol–water partition coefficient (Wildman–Crippen LogP) is 1.32. The van der Waals surface area contributed by atoms with Crippen molar-refractivity contribution in [1.82, 2.24) is 19.2 Å². The summed E-state index contributed by atoms with van der Waals surface area (Å²) in [6.45, 7) is 2.58. The lowest BCUT2D eigenvalue weighted by molar-refractivity contribution is 0.159. The topological polar surface area (TPSA) is 128 Å². The van der Waals surface area contributed by atoms with E-state index < -0.39 is 15.8 Å². The Labute approximate surface area is 179 Å². The zero-order valence-corrected chi connectivity index (χ0v) is 17.6. The second-order valence-corrected chi connectivity index (χ2v) is 9.05. The van der Waals surface area contributed by atoms with Crippen LogP contribution in [0.4, 0.5) is 16.2 Å². The van der Waals surface area contributed by atoms with Crippen molar-refractivity contribution in [3.05, 3.63) is 48.3 Å². The molecule has 1 fully saturated rings. The van der Waals surface area contributed by atoms with Crippen LogP contribution in [0.1, 0.15) is 0 Å². The molecule has 2 aromatic carbocycles. The molecular weight excluding hydrogens is 423 g/mol. The van der Waals surface area contributed by atoms with Crippen molar-refractivity contribution in [2.45, 2.75) is 4.90 Å². The molecule has 0 spiro atoms. The zero-order valence-electron chi connectivity index (χ0n) is 16.7. The number of rotatable bonds is 6. The van der Waals surface area contributed by atoms with Gasteiger partial charge in [0.1, 0.15) is 28.9 Å². The first-order valence-corrected chi connectivity index (χ1v) is 11.2. The lowest BCUT2D eigenvalue weighted by Crippen LogP contribution is -2.49. The molecule has 1 aliphatic heterocycles. The minimum absolute atomic E-state index is 0.102.